The van der Waals surface area contributed by atoms with Crippen molar-refractivity contribution in [2.45, 2.75) is 19.4 Å². The van der Waals surface area contributed by atoms with Crippen LogP contribution in [0.15, 0.2) is 59.5 Å². The van der Waals surface area contributed by atoms with Gasteiger partial charge in [0.05, 0.1) is 17.5 Å². The Balaban J connectivity index is 2.31. The molecule has 9 heteroatoms. The summed E-state index contributed by atoms with van der Waals surface area (Å²) in [7, 11) is 1.65. The lowest BCUT2D eigenvalue weighted by molar-refractivity contribution is 0.198. The number of nitrogens with two attached hydrogens (primary N) is 1. The Morgan fingerprint density at radius 3 is 2.76 bits per heavy atom. The van der Waals surface area contributed by atoms with Crippen LogP contribution in [0.1, 0.15) is 19.0 Å². The van der Waals surface area contributed by atoms with Crippen molar-refractivity contribution in [1.29, 1.82) is 10.8 Å². The first kappa shape index (κ1) is 22.0. The van der Waals surface area contributed by atoms with E-state index in [-0.39, 0.29) is 23.1 Å². The van der Waals surface area contributed by atoms with Crippen molar-refractivity contribution in [3.63, 3.8) is 0 Å². The van der Waals surface area contributed by atoms with Gasteiger partial charge in [-0.1, -0.05) is 0 Å². The third-order valence-corrected chi connectivity index (χ3v) is 4.21. The van der Waals surface area contributed by atoms with Crippen LogP contribution in [0.4, 0.5) is 10.2 Å². The van der Waals surface area contributed by atoms with Crippen molar-refractivity contribution in [2.75, 3.05) is 25.0 Å². The third-order valence-electron chi connectivity index (χ3n) is 4.21. The zero-order chi connectivity index (χ0) is 21.4. The molecule has 0 aliphatic carbocycles. The molecule has 0 saturated carbocycles. The number of nitrogens with zero attached hydrogens (tertiary/aromatic N) is 3. The molecule has 0 bridgehead atoms. The van der Waals surface area contributed by atoms with Gasteiger partial charge in [-0.25, -0.2) is 14.4 Å². The Morgan fingerprint density at radius 1 is 1.41 bits per heavy atom. The second kappa shape index (κ2) is 10.3. The minimum absolute atomic E-state index is 0.0564. The fourth-order valence-corrected chi connectivity index (χ4v) is 2.81. The highest BCUT2D eigenvalue weighted by molar-refractivity contribution is 6.06. The van der Waals surface area contributed by atoms with Crippen LogP contribution in [0.5, 0.6) is 0 Å². The number of anilines is 1. The van der Waals surface area contributed by atoms with E-state index in [9.17, 15) is 9.50 Å². The molecule has 0 spiro atoms. The summed E-state index contributed by atoms with van der Waals surface area (Å²) < 4.78 is 14.6. The van der Waals surface area contributed by atoms with Crippen molar-refractivity contribution in [1.82, 2.24) is 15.3 Å². The van der Waals surface area contributed by atoms with Gasteiger partial charge in [0.2, 0.25) is 0 Å². The lowest BCUT2D eigenvalue weighted by Crippen LogP contribution is -2.22. The summed E-state index contributed by atoms with van der Waals surface area (Å²) in [6.45, 7) is 2.73. The maximum Gasteiger partial charge on any atom is 0.132 e. The Labute approximate surface area is 169 Å². The summed E-state index contributed by atoms with van der Waals surface area (Å²) in [5.41, 5.74) is 6.68. The minimum Gasteiger partial charge on any atom is -0.402 e. The molecule has 6 N–H and O–H groups in total. The van der Waals surface area contributed by atoms with Crippen LogP contribution in [-0.4, -0.2) is 53.2 Å². The molecule has 1 aliphatic heterocycles. The molecular formula is C20H26FN7O. The van der Waals surface area contributed by atoms with Crippen LogP contribution in [0.25, 0.3) is 0 Å². The quantitative estimate of drug-likeness (QED) is 0.334. The van der Waals surface area contributed by atoms with Crippen LogP contribution < -0.4 is 16.0 Å². The zero-order valence-corrected chi connectivity index (χ0v) is 16.5. The fraction of sp³-hybridized carbons (Fsp3) is 0.300. The number of aliphatic hydroxyl groups is 1. The van der Waals surface area contributed by atoms with Gasteiger partial charge in [0.1, 0.15) is 18.0 Å². The van der Waals surface area contributed by atoms with Crippen LogP contribution in [-0.2, 0) is 0 Å². The predicted molar refractivity (Wildman–Crippen MR) is 113 cm³/mol. The maximum atomic E-state index is 14.6. The van der Waals surface area contributed by atoms with Crippen molar-refractivity contribution in [3.8, 4) is 0 Å². The smallest absolute Gasteiger partial charge is 0.132 e. The van der Waals surface area contributed by atoms with Gasteiger partial charge < -0.3 is 26.5 Å². The number of hydrogen-bond donors (Lipinski definition) is 5. The van der Waals surface area contributed by atoms with E-state index >= 15 is 0 Å². The Morgan fingerprint density at radius 2 is 2.17 bits per heavy atom. The van der Waals surface area contributed by atoms with E-state index < -0.39 is 5.83 Å². The Kier molecular flexibility index (Phi) is 7.79. The van der Waals surface area contributed by atoms with Crippen molar-refractivity contribution < 1.29 is 9.50 Å². The lowest BCUT2D eigenvalue weighted by atomic mass is 10.0. The average Bonchev–Trinajstić information content (AvgIpc) is 3.13. The van der Waals surface area contributed by atoms with Gasteiger partial charge >= 0.3 is 0 Å². The van der Waals surface area contributed by atoms with Gasteiger partial charge in [-0.15, -0.1) is 0 Å². The largest absolute Gasteiger partial charge is 0.402 e. The molecule has 0 aromatic carbocycles. The van der Waals surface area contributed by atoms with Crippen LogP contribution in [0.3, 0.4) is 0 Å². The number of aliphatic hydroxyl groups excluding tert-OH is 1. The number of rotatable bonds is 8. The molecule has 2 heterocycles. The summed E-state index contributed by atoms with van der Waals surface area (Å²) in [5, 5.41) is 28.3. The molecule has 8 nitrogen and oxygen atoms in total. The summed E-state index contributed by atoms with van der Waals surface area (Å²) in [4.78, 5) is 10.2. The number of hydrogen-bond acceptors (Lipinski definition) is 8. The van der Waals surface area contributed by atoms with Gasteiger partial charge in [0, 0.05) is 55.5 Å². The molecule has 2 rings (SSSR count). The molecule has 1 aromatic heterocycles. The van der Waals surface area contributed by atoms with Gasteiger partial charge in [-0.2, -0.15) is 0 Å². The maximum absolute atomic E-state index is 14.6. The van der Waals surface area contributed by atoms with E-state index in [0.29, 0.717) is 36.6 Å². The second-order valence-electron chi connectivity index (χ2n) is 6.58. The number of β-amino-alcohol motifs (C(OH)–C–C–N with tert-alkyl or cyclic N) is 1. The molecular weight excluding hydrogens is 373 g/mol. The molecule has 1 aromatic rings. The summed E-state index contributed by atoms with van der Waals surface area (Å²) in [6, 6.07) is 1.66. The average molecular weight is 399 g/mol. The van der Waals surface area contributed by atoms with Gasteiger partial charge in [0.15, 0.2) is 0 Å². The summed E-state index contributed by atoms with van der Waals surface area (Å²) in [6.07, 6.45) is 8.12. The van der Waals surface area contributed by atoms with E-state index in [4.69, 9.17) is 16.6 Å². The molecule has 1 atom stereocenters. The zero-order valence-electron chi connectivity index (χ0n) is 16.5. The normalized spacial score (nSPS) is 18.8. The first-order chi connectivity index (χ1) is 13.8. The Bertz CT molecular complexity index is 885. The monoisotopic (exact) mass is 399 g/mol. The molecule has 0 radical (unpaired) electrons. The predicted octanol–water partition coefficient (Wildman–Crippen LogP) is 1.81. The lowest BCUT2D eigenvalue weighted by Gasteiger charge is -2.16. The van der Waals surface area contributed by atoms with Crippen LogP contribution >= 0.6 is 0 Å². The van der Waals surface area contributed by atoms with E-state index in [1.165, 1.54) is 24.7 Å². The van der Waals surface area contributed by atoms with Crippen molar-refractivity contribution in [3.05, 3.63) is 65.2 Å². The molecule has 154 valence electrons. The first-order valence-electron chi connectivity index (χ1n) is 9.09. The van der Waals surface area contributed by atoms with E-state index in [1.54, 1.807) is 20.0 Å². The molecule has 0 amide bonds. The second-order valence-corrected chi connectivity index (χ2v) is 6.58. The third kappa shape index (κ3) is 6.08. The topological polar surface area (TPSA) is 135 Å². The van der Waals surface area contributed by atoms with Gasteiger partial charge in [-0.05, 0) is 31.6 Å². The SMILES string of the molecule is CN/C=C(C=N)/C(/C=C/C(=N)c1cc(N2CC[C@H](O)C2)ncn1)=C(F)/C=C(\C)N. The standard InChI is InChI=1S/C20H26FN7O/c1-13(23)7-17(21)16(14(9-22)10-25-2)3-4-18(24)19-8-20(27-12-26-19)28-6-5-15(29)11-28/h3-4,7-10,12,15,22,24-25,29H,5-6,11,23H2,1-2H3/b4-3+,13-7+,14-10+,17-16-,22-9?,24-18?/t15-/m0/s1. The molecule has 29 heavy (non-hydrogen) atoms. The first-order valence-corrected chi connectivity index (χ1v) is 9.09. The minimum atomic E-state index is -0.617. The summed E-state index contributed by atoms with van der Waals surface area (Å²) >= 11 is 0. The number of nitrogens with one attached hydrogen (secondary N) is 3. The van der Waals surface area contributed by atoms with E-state index in [1.807, 2.05) is 4.90 Å². The number of halogens is 1. The number of allylic oxidation sites excluding steroid dienone is 7. The molecule has 1 saturated heterocycles. The van der Waals surface area contributed by atoms with Crippen molar-refractivity contribution in [2.24, 2.45) is 5.73 Å². The van der Waals surface area contributed by atoms with Crippen molar-refractivity contribution >= 4 is 17.7 Å². The highest BCUT2D eigenvalue weighted by atomic mass is 19.1. The van der Waals surface area contributed by atoms with Gasteiger partial charge in [0.25, 0.3) is 0 Å². The van der Waals surface area contributed by atoms with Gasteiger partial charge in [-0.3, -0.25) is 5.41 Å². The highest BCUT2D eigenvalue weighted by Gasteiger charge is 2.21. The summed E-state index contributed by atoms with van der Waals surface area (Å²) in [5.74, 6) is 0.0112. The highest BCUT2D eigenvalue weighted by Crippen LogP contribution is 2.20. The van der Waals surface area contributed by atoms with E-state index in [2.05, 4.69) is 15.3 Å². The fourth-order valence-electron chi connectivity index (χ4n) is 2.81. The number of aromatic nitrogens is 2. The molecule has 1 aliphatic rings. The molecule has 1 fully saturated rings. The molecule has 0 unspecified atom stereocenters. The Hall–Kier alpha value is -3.33. The van der Waals surface area contributed by atoms with Crippen LogP contribution in [0, 0.1) is 10.8 Å². The van der Waals surface area contributed by atoms with Crippen LogP contribution in [0.2, 0.25) is 0 Å². The van der Waals surface area contributed by atoms with E-state index in [0.717, 1.165) is 12.3 Å².